The molecular weight excluding hydrogens is 144 g/mol. The Bertz CT molecular complexity index is 91.3. The van der Waals surface area contributed by atoms with Gasteiger partial charge in [0.05, 0.1) is 0 Å². The lowest BCUT2D eigenvalue weighted by Gasteiger charge is -2.04. The number of aliphatic hydroxyl groups is 1. The normalized spacial score (nSPS) is 14.3. The Kier molecular flexibility index (Phi) is 7.20. The summed E-state index contributed by atoms with van der Waals surface area (Å²) in [5, 5.41) is 8.66. The minimum Gasteiger partial charge on any atom is -0.396 e. The summed E-state index contributed by atoms with van der Waals surface area (Å²) in [6.45, 7) is 4.39. The summed E-state index contributed by atoms with van der Waals surface area (Å²) in [4.78, 5) is 0. The first-order chi connectivity index (χ1) is 4.81. The molecule has 0 aromatic heterocycles. The average Bonchev–Trinajstić information content (AvgIpc) is 1.98. The monoisotopic (exact) mass is 160 g/mol. The van der Waals surface area contributed by atoms with Crippen LogP contribution in [0.3, 0.4) is 0 Å². The molecule has 1 atom stereocenters. The molecule has 0 fully saturated rings. The molecule has 0 amide bonds. The highest BCUT2D eigenvalue weighted by Gasteiger charge is 1.96. The summed E-state index contributed by atoms with van der Waals surface area (Å²) >= 11 is 1.86. The fourth-order valence-electron chi connectivity index (χ4n) is 0.486. The van der Waals surface area contributed by atoms with Gasteiger partial charge in [0.2, 0.25) is 0 Å². The summed E-state index contributed by atoms with van der Waals surface area (Å²) in [5.41, 5.74) is 0. The van der Waals surface area contributed by atoms with Crippen molar-refractivity contribution in [1.82, 2.24) is 0 Å². The molecule has 0 rings (SSSR count). The second kappa shape index (κ2) is 7.16. The molecule has 0 spiro atoms. The minimum atomic E-state index is 0.308. The molecule has 60 valence electrons. The minimum absolute atomic E-state index is 0.308. The molecule has 0 heterocycles. The molecule has 1 unspecified atom stereocenters. The van der Waals surface area contributed by atoms with Gasteiger partial charge in [-0.3, -0.25) is 0 Å². The Hall–Kier alpha value is 0.0500. The van der Waals surface area contributed by atoms with Gasteiger partial charge in [-0.25, -0.2) is 0 Å². The lowest BCUT2D eigenvalue weighted by Crippen LogP contribution is -2.03. The van der Waals surface area contributed by atoms with Crippen molar-refractivity contribution in [2.24, 2.45) is 5.92 Å². The first kappa shape index (κ1) is 10.0. The predicted molar refractivity (Wildman–Crippen MR) is 48.4 cm³/mol. The highest BCUT2D eigenvalue weighted by Crippen LogP contribution is 2.07. The van der Waals surface area contributed by atoms with Gasteiger partial charge in [0.25, 0.3) is 0 Å². The Morgan fingerprint density at radius 2 is 2.30 bits per heavy atom. The Morgan fingerprint density at radius 1 is 1.60 bits per heavy atom. The summed E-state index contributed by atoms with van der Waals surface area (Å²) in [6.07, 6.45) is 4.19. The van der Waals surface area contributed by atoms with Crippen LogP contribution in [0.1, 0.15) is 13.8 Å². The van der Waals surface area contributed by atoms with E-state index in [-0.39, 0.29) is 0 Å². The molecule has 0 aromatic carbocycles. The molecular formula is C8H16OS. The van der Waals surface area contributed by atoms with Gasteiger partial charge in [0, 0.05) is 12.4 Å². The zero-order valence-electron chi connectivity index (χ0n) is 6.71. The van der Waals surface area contributed by atoms with Crippen LogP contribution in [0.25, 0.3) is 0 Å². The maximum Gasteiger partial charge on any atom is 0.0464 e. The van der Waals surface area contributed by atoms with Crippen LogP contribution in [0.15, 0.2) is 12.2 Å². The number of rotatable bonds is 5. The van der Waals surface area contributed by atoms with E-state index in [0.717, 1.165) is 11.5 Å². The van der Waals surface area contributed by atoms with Crippen molar-refractivity contribution in [3.05, 3.63) is 12.2 Å². The average molecular weight is 160 g/mol. The fourth-order valence-corrected chi connectivity index (χ4v) is 1.46. The number of hydrogen-bond acceptors (Lipinski definition) is 2. The van der Waals surface area contributed by atoms with Crippen LogP contribution in [0.4, 0.5) is 0 Å². The highest BCUT2D eigenvalue weighted by atomic mass is 32.2. The van der Waals surface area contributed by atoms with Crippen LogP contribution in [0.2, 0.25) is 0 Å². The van der Waals surface area contributed by atoms with Gasteiger partial charge in [0.1, 0.15) is 0 Å². The first-order valence-electron chi connectivity index (χ1n) is 3.61. The smallest absolute Gasteiger partial charge is 0.0464 e. The number of aliphatic hydroxyl groups excluding tert-OH is 1. The fraction of sp³-hybridized carbons (Fsp3) is 0.750. The van der Waals surface area contributed by atoms with Crippen molar-refractivity contribution in [1.29, 1.82) is 0 Å². The molecule has 1 nitrogen and oxygen atoms in total. The van der Waals surface area contributed by atoms with Gasteiger partial charge in [-0.15, -0.1) is 0 Å². The van der Waals surface area contributed by atoms with Crippen LogP contribution in [0.5, 0.6) is 0 Å². The maximum absolute atomic E-state index is 8.66. The molecule has 0 aliphatic carbocycles. The van der Waals surface area contributed by atoms with E-state index >= 15 is 0 Å². The lowest BCUT2D eigenvalue weighted by molar-refractivity contribution is 0.250. The van der Waals surface area contributed by atoms with E-state index in [1.165, 1.54) is 0 Å². The number of allylic oxidation sites excluding steroid dienone is 1. The molecule has 0 aliphatic rings. The summed E-state index contributed by atoms with van der Waals surface area (Å²) in [5.74, 6) is 2.57. The second-order valence-electron chi connectivity index (χ2n) is 2.39. The van der Waals surface area contributed by atoms with Crippen LogP contribution < -0.4 is 0 Å². The third kappa shape index (κ3) is 6.17. The van der Waals surface area contributed by atoms with E-state index in [9.17, 15) is 0 Å². The quantitative estimate of drug-likeness (QED) is 0.490. The third-order valence-electron chi connectivity index (χ3n) is 1.16. The Morgan fingerprint density at radius 3 is 2.80 bits per heavy atom. The molecule has 1 N–H and O–H groups in total. The van der Waals surface area contributed by atoms with Crippen molar-refractivity contribution < 1.29 is 5.11 Å². The third-order valence-corrected chi connectivity index (χ3v) is 2.40. The van der Waals surface area contributed by atoms with Crippen LogP contribution in [0, 0.1) is 5.92 Å². The number of thioether (sulfide) groups is 1. The van der Waals surface area contributed by atoms with Crippen LogP contribution >= 0.6 is 11.8 Å². The van der Waals surface area contributed by atoms with Crippen LogP contribution in [-0.4, -0.2) is 23.2 Å². The van der Waals surface area contributed by atoms with Gasteiger partial charge in [-0.2, -0.15) is 11.8 Å². The zero-order chi connectivity index (χ0) is 7.82. The molecule has 2 heteroatoms. The zero-order valence-corrected chi connectivity index (χ0v) is 7.53. The van der Waals surface area contributed by atoms with Crippen molar-refractivity contribution in [3.63, 3.8) is 0 Å². The Balaban J connectivity index is 3.03. The van der Waals surface area contributed by atoms with Crippen molar-refractivity contribution in [2.45, 2.75) is 13.8 Å². The van der Waals surface area contributed by atoms with Gasteiger partial charge in [-0.05, 0) is 18.6 Å². The molecule has 0 bridgehead atoms. The van der Waals surface area contributed by atoms with Gasteiger partial charge >= 0.3 is 0 Å². The standard InChI is InChI=1S/C8H16OS/c1-3-4-5-10-7-8(2)6-9/h3-4,8-9H,5-7H2,1-2H3. The summed E-state index contributed by atoms with van der Waals surface area (Å²) in [6, 6.07) is 0. The molecule has 0 saturated heterocycles. The molecule has 0 radical (unpaired) electrons. The highest BCUT2D eigenvalue weighted by molar-refractivity contribution is 7.99. The second-order valence-corrected chi connectivity index (χ2v) is 3.47. The Labute approximate surface area is 67.5 Å². The molecule has 0 aromatic rings. The van der Waals surface area contributed by atoms with Crippen molar-refractivity contribution in [3.8, 4) is 0 Å². The SMILES string of the molecule is CC=CCSCC(C)CO. The van der Waals surface area contributed by atoms with Crippen LogP contribution in [-0.2, 0) is 0 Å². The summed E-state index contributed by atoms with van der Waals surface area (Å²) in [7, 11) is 0. The largest absolute Gasteiger partial charge is 0.396 e. The first-order valence-corrected chi connectivity index (χ1v) is 4.76. The number of hydrogen-bond donors (Lipinski definition) is 1. The predicted octanol–water partition coefficient (Wildman–Crippen LogP) is 1.92. The topological polar surface area (TPSA) is 20.2 Å². The van der Waals surface area contributed by atoms with Gasteiger partial charge < -0.3 is 5.11 Å². The van der Waals surface area contributed by atoms with E-state index in [2.05, 4.69) is 19.1 Å². The lowest BCUT2D eigenvalue weighted by atomic mass is 10.2. The molecule has 0 saturated carbocycles. The van der Waals surface area contributed by atoms with Gasteiger partial charge in [-0.1, -0.05) is 19.1 Å². The molecule has 10 heavy (non-hydrogen) atoms. The van der Waals surface area contributed by atoms with E-state index in [4.69, 9.17) is 5.11 Å². The van der Waals surface area contributed by atoms with Gasteiger partial charge in [0.15, 0.2) is 0 Å². The molecule has 0 aliphatic heterocycles. The van der Waals surface area contributed by atoms with E-state index in [1.807, 2.05) is 18.7 Å². The van der Waals surface area contributed by atoms with E-state index in [1.54, 1.807) is 0 Å². The maximum atomic E-state index is 8.66. The van der Waals surface area contributed by atoms with Crippen molar-refractivity contribution in [2.75, 3.05) is 18.1 Å². The van der Waals surface area contributed by atoms with E-state index in [0.29, 0.717) is 12.5 Å². The van der Waals surface area contributed by atoms with E-state index < -0.39 is 0 Å². The van der Waals surface area contributed by atoms with Crippen molar-refractivity contribution >= 4 is 11.8 Å². The summed E-state index contributed by atoms with van der Waals surface area (Å²) < 4.78 is 0.